The Kier molecular flexibility index (Phi) is 5.49. The second-order valence-electron chi connectivity index (χ2n) is 8.22. The number of hydrogen-bond acceptors (Lipinski definition) is 4. The molecule has 0 bridgehead atoms. The Balaban J connectivity index is 1.41. The van der Waals surface area contributed by atoms with Gasteiger partial charge in [-0.3, -0.25) is 4.98 Å². The molecule has 0 saturated carbocycles. The van der Waals surface area contributed by atoms with E-state index in [4.69, 9.17) is 16.6 Å². The van der Waals surface area contributed by atoms with Crippen molar-refractivity contribution in [3.05, 3.63) is 121 Å². The molecule has 5 heteroatoms. The molecule has 0 radical (unpaired) electrons. The third-order valence-electron chi connectivity index (χ3n) is 5.93. The molecule has 0 fully saturated rings. The second-order valence-corrected chi connectivity index (χ2v) is 8.55. The lowest BCUT2D eigenvalue weighted by molar-refractivity contribution is 1.07. The number of benzene rings is 4. The van der Waals surface area contributed by atoms with Gasteiger partial charge < -0.3 is 0 Å². The van der Waals surface area contributed by atoms with Crippen LogP contribution in [0, 0.1) is 0 Å². The van der Waals surface area contributed by atoms with Gasteiger partial charge in [0.15, 0.2) is 11.6 Å². The highest BCUT2D eigenvalue weighted by Crippen LogP contribution is 2.29. The zero-order valence-corrected chi connectivity index (χ0v) is 19.4. The minimum absolute atomic E-state index is 0.162. The summed E-state index contributed by atoms with van der Waals surface area (Å²) in [5, 5.41) is 2.42. The van der Waals surface area contributed by atoms with E-state index < -0.39 is 0 Å². The minimum Gasteiger partial charge on any atom is -0.264 e. The third kappa shape index (κ3) is 4.39. The Labute approximate surface area is 208 Å². The molecule has 6 aromatic rings. The lowest BCUT2D eigenvalue weighted by atomic mass is 10.00. The zero-order valence-electron chi connectivity index (χ0n) is 18.6. The molecule has 0 saturated heterocycles. The summed E-state index contributed by atoms with van der Waals surface area (Å²) >= 11 is 6.36. The molecule has 2 heterocycles. The van der Waals surface area contributed by atoms with Crippen LogP contribution in [0.2, 0.25) is 5.28 Å². The monoisotopic (exact) mass is 470 g/mol. The van der Waals surface area contributed by atoms with E-state index in [2.05, 4.69) is 57.4 Å². The van der Waals surface area contributed by atoms with E-state index in [9.17, 15) is 0 Å². The number of fused-ring (bicyclic) bond motifs is 1. The van der Waals surface area contributed by atoms with Crippen molar-refractivity contribution in [3.8, 4) is 45.0 Å². The quantitative estimate of drug-likeness (QED) is 0.264. The maximum atomic E-state index is 6.36. The zero-order chi connectivity index (χ0) is 23.6. The van der Waals surface area contributed by atoms with Crippen molar-refractivity contribution >= 4 is 22.4 Å². The van der Waals surface area contributed by atoms with Crippen molar-refractivity contribution in [1.29, 1.82) is 0 Å². The number of pyridine rings is 1. The molecule has 0 amide bonds. The second kappa shape index (κ2) is 9.09. The SMILES string of the molecule is Clc1nc(-c2cccc(-c3cccnc3)c2)nc(-c2ccc3ccc(-c4ccccc4)cc3c2)n1. The van der Waals surface area contributed by atoms with E-state index in [1.807, 2.05) is 66.9 Å². The molecular weight excluding hydrogens is 452 g/mol. The Morgan fingerprint density at radius 1 is 0.457 bits per heavy atom. The van der Waals surface area contributed by atoms with E-state index in [0.717, 1.165) is 38.6 Å². The van der Waals surface area contributed by atoms with Gasteiger partial charge >= 0.3 is 0 Å². The van der Waals surface area contributed by atoms with Crippen LogP contribution in [0.4, 0.5) is 0 Å². The molecule has 2 aromatic heterocycles. The molecule has 4 nitrogen and oxygen atoms in total. The van der Waals surface area contributed by atoms with Gasteiger partial charge in [-0.05, 0) is 63.3 Å². The Morgan fingerprint density at radius 2 is 1.09 bits per heavy atom. The van der Waals surface area contributed by atoms with Crippen LogP contribution in [0.1, 0.15) is 0 Å². The molecular formula is C30H19ClN4. The minimum atomic E-state index is 0.162. The normalized spacial score (nSPS) is 11.0. The highest BCUT2D eigenvalue weighted by Gasteiger charge is 2.11. The summed E-state index contributed by atoms with van der Waals surface area (Å²) in [6.45, 7) is 0. The molecule has 0 aliphatic heterocycles. The van der Waals surface area contributed by atoms with Crippen molar-refractivity contribution in [2.75, 3.05) is 0 Å². The predicted molar refractivity (Wildman–Crippen MR) is 142 cm³/mol. The summed E-state index contributed by atoms with van der Waals surface area (Å²) < 4.78 is 0. The summed E-state index contributed by atoms with van der Waals surface area (Å²) in [5.41, 5.74) is 6.16. The Hall–Kier alpha value is -4.41. The van der Waals surface area contributed by atoms with Crippen molar-refractivity contribution in [3.63, 3.8) is 0 Å². The lowest BCUT2D eigenvalue weighted by Gasteiger charge is -2.09. The van der Waals surface area contributed by atoms with Gasteiger partial charge in [-0.2, -0.15) is 9.97 Å². The van der Waals surface area contributed by atoms with Crippen molar-refractivity contribution in [2.45, 2.75) is 0 Å². The van der Waals surface area contributed by atoms with E-state index in [1.54, 1.807) is 6.20 Å². The van der Waals surface area contributed by atoms with E-state index in [0.29, 0.717) is 11.6 Å². The molecule has 0 unspecified atom stereocenters. The number of halogens is 1. The van der Waals surface area contributed by atoms with Gasteiger partial charge in [-0.25, -0.2) is 4.98 Å². The van der Waals surface area contributed by atoms with E-state index >= 15 is 0 Å². The van der Waals surface area contributed by atoms with Crippen LogP contribution in [0.25, 0.3) is 55.8 Å². The first-order chi connectivity index (χ1) is 17.2. The maximum Gasteiger partial charge on any atom is 0.226 e. The van der Waals surface area contributed by atoms with Crippen LogP contribution in [0.3, 0.4) is 0 Å². The fourth-order valence-electron chi connectivity index (χ4n) is 4.18. The fourth-order valence-corrected chi connectivity index (χ4v) is 4.34. The van der Waals surface area contributed by atoms with Crippen LogP contribution in [0.5, 0.6) is 0 Å². The van der Waals surface area contributed by atoms with Crippen LogP contribution in [0.15, 0.2) is 116 Å². The highest BCUT2D eigenvalue weighted by molar-refractivity contribution is 6.28. The molecule has 0 N–H and O–H groups in total. The molecule has 0 aliphatic rings. The highest BCUT2D eigenvalue weighted by atomic mass is 35.5. The molecule has 35 heavy (non-hydrogen) atoms. The molecule has 0 aliphatic carbocycles. The maximum absolute atomic E-state index is 6.36. The van der Waals surface area contributed by atoms with E-state index in [1.165, 1.54) is 5.56 Å². The number of nitrogens with zero attached hydrogens (tertiary/aromatic N) is 4. The number of rotatable bonds is 4. The first kappa shape index (κ1) is 21.1. The number of aromatic nitrogens is 4. The molecule has 0 atom stereocenters. The molecule has 166 valence electrons. The molecule has 6 rings (SSSR count). The molecule has 4 aromatic carbocycles. The summed E-state index contributed by atoms with van der Waals surface area (Å²) in [6, 6.07) is 35.0. The number of hydrogen-bond donors (Lipinski definition) is 0. The first-order valence-corrected chi connectivity index (χ1v) is 11.6. The average molecular weight is 471 g/mol. The average Bonchev–Trinajstić information content (AvgIpc) is 2.93. The molecule has 0 spiro atoms. The lowest BCUT2D eigenvalue weighted by Crippen LogP contribution is -1.97. The van der Waals surface area contributed by atoms with E-state index in [-0.39, 0.29) is 5.28 Å². The Morgan fingerprint density at radius 3 is 1.86 bits per heavy atom. The third-order valence-corrected chi connectivity index (χ3v) is 6.10. The van der Waals surface area contributed by atoms with Crippen LogP contribution in [-0.4, -0.2) is 19.9 Å². The van der Waals surface area contributed by atoms with Crippen LogP contribution >= 0.6 is 11.6 Å². The van der Waals surface area contributed by atoms with Crippen LogP contribution in [-0.2, 0) is 0 Å². The van der Waals surface area contributed by atoms with Gasteiger partial charge in [0.05, 0.1) is 0 Å². The topological polar surface area (TPSA) is 51.6 Å². The largest absolute Gasteiger partial charge is 0.264 e. The van der Waals surface area contributed by atoms with Gasteiger partial charge in [0.2, 0.25) is 5.28 Å². The smallest absolute Gasteiger partial charge is 0.226 e. The van der Waals surface area contributed by atoms with Crippen molar-refractivity contribution in [1.82, 2.24) is 19.9 Å². The van der Waals surface area contributed by atoms with Crippen LogP contribution < -0.4 is 0 Å². The van der Waals surface area contributed by atoms with Gasteiger partial charge in [-0.1, -0.05) is 78.9 Å². The summed E-state index contributed by atoms with van der Waals surface area (Å²) in [7, 11) is 0. The summed E-state index contributed by atoms with van der Waals surface area (Å²) in [5.74, 6) is 1.07. The first-order valence-electron chi connectivity index (χ1n) is 11.2. The summed E-state index contributed by atoms with van der Waals surface area (Å²) in [6.07, 6.45) is 3.60. The Bertz CT molecular complexity index is 1650. The predicted octanol–water partition coefficient (Wildman–Crippen LogP) is 7.74. The van der Waals surface area contributed by atoms with Gasteiger partial charge in [0.1, 0.15) is 0 Å². The van der Waals surface area contributed by atoms with Gasteiger partial charge in [0, 0.05) is 29.1 Å². The van der Waals surface area contributed by atoms with Crippen molar-refractivity contribution in [2.24, 2.45) is 0 Å². The van der Waals surface area contributed by atoms with Gasteiger partial charge in [-0.15, -0.1) is 0 Å². The standard InChI is InChI=1S/C30H19ClN4/c31-30-34-28(24-9-4-8-22(16-24)26-10-5-15-32-19-26)33-29(35-30)25-14-12-21-11-13-23(17-27(21)18-25)20-6-2-1-3-7-20/h1-19H. The fraction of sp³-hybridized carbons (Fsp3) is 0. The summed E-state index contributed by atoms with van der Waals surface area (Å²) in [4.78, 5) is 17.8. The van der Waals surface area contributed by atoms with Gasteiger partial charge in [0.25, 0.3) is 0 Å². The van der Waals surface area contributed by atoms with Crippen molar-refractivity contribution < 1.29 is 0 Å².